The van der Waals surface area contributed by atoms with E-state index in [9.17, 15) is 4.79 Å². The van der Waals surface area contributed by atoms with Crippen LogP contribution in [-0.2, 0) is 0 Å². The number of aromatic nitrogens is 1. The second-order valence-corrected chi connectivity index (χ2v) is 7.69. The summed E-state index contributed by atoms with van der Waals surface area (Å²) in [5, 5.41) is 7.30. The van der Waals surface area contributed by atoms with Crippen molar-refractivity contribution in [3.05, 3.63) is 53.4 Å². The lowest BCUT2D eigenvalue weighted by Gasteiger charge is -2.19. The minimum Gasteiger partial charge on any atom is -0.267 e. The normalized spacial score (nSPS) is 19.0. The van der Waals surface area contributed by atoms with E-state index in [0.717, 1.165) is 46.4 Å². The molecule has 1 aromatic carbocycles. The van der Waals surface area contributed by atoms with E-state index in [2.05, 4.69) is 17.5 Å². The second-order valence-electron chi connectivity index (χ2n) is 6.74. The first-order chi connectivity index (χ1) is 12.7. The predicted octanol–water partition coefficient (Wildman–Crippen LogP) is 5.26. The molecule has 2 aromatic heterocycles. The van der Waals surface area contributed by atoms with Gasteiger partial charge in [-0.2, -0.15) is 5.10 Å². The van der Waals surface area contributed by atoms with Crippen LogP contribution in [0.15, 0.2) is 52.9 Å². The number of pyridine rings is 1. The molecule has 1 saturated carbocycles. The molecule has 1 amide bonds. The van der Waals surface area contributed by atoms with E-state index in [1.165, 1.54) is 6.42 Å². The smallest absolute Gasteiger partial charge is 0.267 e. The molecule has 1 atom stereocenters. The van der Waals surface area contributed by atoms with Crippen LogP contribution < -0.4 is 5.43 Å². The summed E-state index contributed by atoms with van der Waals surface area (Å²) in [7, 11) is 0. The number of hydrogen-bond acceptors (Lipinski definition) is 4. The number of fused-ring (bicyclic) bond motifs is 1. The average Bonchev–Trinajstić information content (AvgIpc) is 3.21. The van der Waals surface area contributed by atoms with E-state index in [1.807, 2.05) is 47.8 Å². The number of benzene rings is 1. The lowest BCUT2D eigenvalue weighted by atomic mass is 9.89. The van der Waals surface area contributed by atoms with Crippen LogP contribution in [0, 0.1) is 5.92 Å². The molecule has 1 fully saturated rings. The fourth-order valence-electron chi connectivity index (χ4n) is 3.43. The van der Waals surface area contributed by atoms with Gasteiger partial charge in [0, 0.05) is 11.1 Å². The van der Waals surface area contributed by atoms with Crippen LogP contribution >= 0.6 is 11.3 Å². The summed E-state index contributed by atoms with van der Waals surface area (Å²) >= 11 is 1.62. The minimum absolute atomic E-state index is 0.174. The molecule has 5 heteroatoms. The van der Waals surface area contributed by atoms with E-state index in [0.29, 0.717) is 11.5 Å². The lowest BCUT2D eigenvalue weighted by Crippen LogP contribution is -2.24. The summed E-state index contributed by atoms with van der Waals surface area (Å²) in [5.41, 5.74) is 6.15. The summed E-state index contributed by atoms with van der Waals surface area (Å²) < 4.78 is 0. The standard InChI is InChI=1S/C21H21N3OS/c1-14-7-2-4-9-17(14)23-24-21(25)16-13-19(20-11-6-12-26-20)22-18-10-5-3-8-15(16)18/h3,5-6,8,10-14H,2,4,7,9H2,1H3,(H,24,25)/b23-17-/t14-/m0/s1. The van der Waals surface area contributed by atoms with Crippen molar-refractivity contribution in [1.29, 1.82) is 0 Å². The molecule has 0 spiro atoms. The number of thiophene rings is 1. The van der Waals surface area contributed by atoms with Gasteiger partial charge in [-0.1, -0.05) is 37.6 Å². The third kappa shape index (κ3) is 3.40. The Morgan fingerprint density at radius 3 is 2.92 bits per heavy atom. The SMILES string of the molecule is C[C@H]1CCCC/C1=N/NC(=O)c1cc(-c2cccs2)nc2ccccc12. The highest BCUT2D eigenvalue weighted by molar-refractivity contribution is 7.13. The Labute approximate surface area is 157 Å². The minimum atomic E-state index is -0.174. The van der Waals surface area contributed by atoms with Crippen molar-refractivity contribution in [3.63, 3.8) is 0 Å². The molecule has 1 aliphatic rings. The second kappa shape index (κ2) is 7.38. The van der Waals surface area contributed by atoms with Crippen LogP contribution in [0.2, 0.25) is 0 Å². The van der Waals surface area contributed by atoms with Gasteiger partial charge in [-0.05, 0) is 48.8 Å². The Balaban J connectivity index is 1.70. The number of hydrogen-bond donors (Lipinski definition) is 1. The Morgan fingerprint density at radius 2 is 2.12 bits per heavy atom. The quantitative estimate of drug-likeness (QED) is 0.645. The van der Waals surface area contributed by atoms with Gasteiger partial charge in [0.1, 0.15) is 0 Å². The summed E-state index contributed by atoms with van der Waals surface area (Å²) in [4.78, 5) is 18.7. The maximum absolute atomic E-state index is 12.9. The Morgan fingerprint density at radius 1 is 1.23 bits per heavy atom. The monoisotopic (exact) mass is 363 g/mol. The number of hydrazone groups is 1. The van der Waals surface area contributed by atoms with Crippen molar-refractivity contribution < 1.29 is 4.79 Å². The summed E-state index contributed by atoms with van der Waals surface area (Å²) in [5.74, 6) is 0.270. The van der Waals surface area contributed by atoms with E-state index in [4.69, 9.17) is 4.98 Å². The molecule has 0 bridgehead atoms. The molecule has 0 saturated heterocycles. The first-order valence-corrected chi connectivity index (χ1v) is 9.91. The Kier molecular flexibility index (Phi) is 4.80. The van der Waals surface area contributed by atoms with Crippen LogP contribution in [-0.4, -0.2) is 16.6 Å². The van der Waals surface area contributed by atoms with Crippen molar-refractivity contribution in [2.24, 2.45) is 11.0 Å². The van der Waals surface area contributed by atoms with Crippen molar-refractivity contribution in [2.75, 3.05) is 0 Å². The first kappa shape index (κ1) is 16.9. The molecule has 4 rings (SSSR count). The van der Waals surface area contributed by atoms with Crippen LogP contribution in [0.25, 0.3) is 21.5 Å². The van der Waals surface area contributed by atoms with Crippen molar-refractivity contribution in [2.45, 2.75) is 32.6 Å². The highest BCUT2D eigenvalue weighted by atomic mass is 32.1. The topological polar surface area (TPSA) is 54.4 Å². The van der Waals surface area contributed by atoms with Gasteiger partial charge in [-0.15, -0.1) is 11.3 Å². The number of rotatable bonds is 3. The van der Waals surface area contributed by atoms with Gasteiger partial charge in [0.2, 0.25) is 0 Å². The van der Waals surface area contributed by atoms with E-state index < -0.39 is 0 Å². The molecular formula is C21H21N3OS. The van der Waals surface area contributed by atoms with Crippen LogP contribution in [0.3, 0.4) is 0 Å². The molecule has 26 heavy (non-hydrogen) atoms. The Bertz CT molecular complexity index is 963. The number of para-hydroxylation sites is 1. The number of nitrogens with zero attached hydrogens (tertiary/aromatic N) is 2. The molecule has 1 N–H and O–H groups in total. The van der Waals surface area contributed by atoms with E-state index in [-0.39, 0.29) is 5.91 Å². The number of carbonyl (C=O) groups is 1. The zero-order valence-corrected chi connectivity index (χ0v) is 15.6. The maximum atomic E-state index is 12.9. The molecular weight excluding hydrogens is 342 g/mol. The molecule has 3 aromatic rings. The maximum Gasteiger partial charge on any atom is 0.272 e. The van der Waals surface area contributed by atoms with Gasteiger partial charge in [-0.25, -0.2) is 10.4 Å². The number of nitrogens with one attached hydrogen (secondary N) is 1. The largest absolute Gasteiger partial charge is 0.272 e. The van der Waals surface area contributed by atoms with Crippen molar-refractivity contribution >= 4 is 33.9 Å². The van der Waals surface area contributed by atoms with Crippen LogP contribution in [0.4, 0.5) is 0 Å². The van der Waals surface area contributed by atoms with Gasteiger partial charge < -0.3 is 0 Å². The van der Waals surface area contributed by atoms with Crippen LogP contribution in [0.1, 0.15) is 43.0 Å². The van der Waals surface area contributed by atoms with Crippen molar-refractivity contribution in [1.82, 2.24) is 10.4 Å². The molecule has 4 nitrogen and oxygen atoms in total. The van der Waals surface area contributed by atoms with Crippen molar-refractivity contribution in [3.8, 4) is 10.6 Å². The summed E-state index contributed by atoms with van der Waals surface area (Å²) in [6.07, 6.45) is 4.52. The molecule has 1 aliphatic carbocycles. The molecule has 132 valence electrons. The zero-order valence-electron chi connectivity index (χ0n) is 14.7. The number of amides is 1. The fourth-order valence-corrected chi connectivity index (χ4v) is 4.12. The number of carbonyl (C=O) groups excluding carboxylic acids is 1. The molecule has 0 unspecified atom stereocenters. The fraction of sp³-hybridized carbons (Fsp3) is 0.286. The van der Waals surface area contributed by atoms with E-state index in [1.54, 1.807) is 11.3 Å². The molecule has 0 aliphatic heterocycles. The highest BCUT2D eigenvalue weighted by Gasteiger charge is 2.18. The lowest BCUT2D eigenvalue weighted by molar-refractivity contribution is 0.0956. The van der Waals surface area contributed by atoms with Crippen LogP contribution in [0.5, 0.6) is 0 Å². The zero-order chi connectivity index (χ0) is 17.9. The van der Waals surface area contributed by atoms with Gasteiger partial charge in [0.05, 0.1) is 21.7 Å². The Hall–Kier alpha value is -2.53. The van der Waals surface area contributed by atoms with E-state index >= 15 is 0 Å². The average molecular weight is 363 g/mol. The summed E-state index contributed by atoms with van der Waals surface area (Å²) in [6, 6.07) is 13.6. The first-order valence-electron chi connectivity index (χ1n) is 9.03. The van der Waals surface area contributed by atoms with Gasteiger partial charge in [-0.3, -0.25) is 4.79 Å². The van der Waals surface area contributed by atoms with Gasteiger partial charge >= 0.3 is 0 Å². The van der Waals surface area contributed by atoms with Gasteiger partial charge in [0.15, 0.2) is 0 Å². The van der Waals surface area contributed by atoms with Gasteiger partial charge in [0.25, 0.3) is 5.91 Å². The molecule has 0 radical (unpaired) electrons. The third-order valence-corrected chi connectivity index (χ3v) is 5.82. The molecule has 2 heterocycles. The highest BCUT2D eigenvalue weighted by Crippen LogP contribution is 2.28. The predicted molar refractivity (Wildman–Crippen MR) is 108 cm³/mol. The third-order valence-electron chi connectivity index (χ3n) is 4.92. The summed E-state index contributed by atoms with van der Waals surface area (Å²) in [6.45, 7) is 2.18.